The molecule has 0 aliphatic carbocycles. The monoisotopic (exact) mass is 245 g/mol. The number of hydrogen-bond donors (Lipinski definition) is 2. The zero-order valence-corrected chi connectivity index (χ0v) is 10.5. The van der Waals surface area contributed by atoms with Gasteiger partial charge in [0.1, 0.15) is 0 Å². The average Bonchev–Trinajstić information content (AvgIpc) is 2.22. The van der Waals surface area contributed by atoms with E-state index in [1.165, 1.54) is 0 Å². The van der Waals surface area contributed by atoms with Crippen LogP contribution in [0.5, 0.6) is 0 Å². The number of piperidine rings is 1. The highest BCUT2D eigenvalue weighted by molar-refractivity contribution is 7.90. The molecule has 0 aromatic rings. The predicted molar refractivity (Wildman–Crippen MR) is 62.2 cm³/mol. The highest BCUT2D eigenvalue weighted by Gasteiger charge is 2.30. The molecule has 2 N–H and O–H groups in total. The normalized spacial score (nSPS) is 28.3. The van der Waals surface area contributed by atoms with Crippen LogP contribution in [0.25, 0.3) is 0 Å². The van der Waals surface area contributed by atoms with E-state index in [-0.39, 0.29) is 12.1 Å². The lowest BCUT2D eigenvalue weighted by Gasteiger charge is -2.30. The third-order valence-corrected chi connectivity index (χ3v) is 4.79. The molecule has 1 saturated heterocycles. The van der Waals surface area contributed by atoms with Crippen molar-refractivity contribution >= 4 is 10.0 Å². The van der Waals surface area contributed by atoms with E-state index >= 15 is 0 Å². The molecule has 5 nitrogen and oxygen atoms in total. The minimum Gasteiger partial charge on any atom is -0.313 e. The lowest BCUT2D eigenvalue weighted by atomic mass is 10.0. The summed E-state index contributed by atoms with van der Waals surface area (Å²) in [7, 11) is -3.51. The summed E-state index contributed by atoms with van der Waals surface area (Å²) in [6, 6.07) is 1.85. The van der Waals surface area contributed by atoms with Crippen molar-refractivity contribution in [2.75, 3.05) is 6.54 Å². The smallest absolute Gasteiger partial charge is 0.228 e. The lowest BCUT2D eigenvalue weighted by molar-refractivity contribution is 0.348. The Morgan fingerprint density at radius 2 is 2.31 bits per heavy atom. The van der Waals surface area contributed by atoms with E-state index < -0.39 is 15.3 Å². The van der Waals surface area contributed by atoms with Gasteiger partial charge in [0, 0.05) is 12.1 Å². The molecule has 1 fully saturated rings. The Morgan fingerprint density at radius 3 is 2.81 bits per heavy atom. The van der Waals surface area contributed by atoms with Gasteiger partial charge in [0.2, 0.25) is 10.0 Å². The molecule has 0 spiro atoms. The number of rotatable bonds is 4. The van der Waals surface area contributed by atoms with Crippen molar-refractivity contribution in [3.8, 4) is 6.07 Å². The highest BCUT2D eigenvalue weighted by Crippen LogP contribution is 2.12. The summed E-state index contributed by atoms with van der Waals surface area (Å²) < 4.78 is 26.3. The Morgan fingerprint density at radius 1 is 1.62 bits per heavy atom. The van der Waals surface area contributed by atoms with Gasteiger partial charge in [0.15, 0.2) is 5.25 Å². The minimum atomic E-state index is -3.51. The molecule has 1 rings (SSSR count). The van der Waals surface area contributed by atoms with Crippen LogP contribution in [0.15, 0.2) is 0 Å². The van der Waals surface area contributed by atoms with E-state index in [9.17, 15) is 8.42 Å². The second kappa shape index (κ2) is 5.62. The molecule has 0 saturated carbocycles. The topological polar surface area (TPSA) is 82.0 Å². The van der Waals surface area contributed by atoms with E-state index in [1.54, 1.807) is 6.92 Å². The van der Waals surface area contributed by atoms with Crippen LogP contribution >= 0.6 is 0 Å². The molecule has 1 heterocycles. The van der Waals surface area contributed by atoms with Crippen molar-refractivity contribution in [1.82, 2.24) is 10.0 Å². The number of sulfonamides is 1. The molecule has 0 bridgehead atoms. The first-order chi connectivity index (χ1) is 7.51. The number of hydrogen-bond acceptors (Lipinski definition) is 4. The van der Waals surface area contributed by atoms with Crippen molar-refractivity contribution < 1.29 is 8.42 Å². The summed E-state index contributed by atoms with van der Waals surface area (Å²) in [4.78, 5) is 0. The average molecular weight is 245 g/mol. The first kappa shape index (κ1) is 13.4. The van der Waals surface area contributed by atoms with Crippen LogP contribution in [0.2, 0.25) is 0 Å². The highest BCUT2D eigenvalue weighted by atomic mass is 32.2. The van der Waals surface area contributed by atoms with E-state index in [2.05, 4.69) is 10.0 Å². The largest absolute Gasteiger partial charge is 0.313 e. The molecule has 6 heteroatoms. The second-order valence-corrected chi connectivity index (χ2v) is 6.08. The molecule has 3 unspecified atom stereocenters. The van der Waals surface area contributed by atoms with Crippen LogP contribution in [-0.2, 0) is 10.0 Å². The van der Waals surface area contributed by atoms with Gasteiger partial charge in [-0.15, -0.1) is 0 Å². The fraction of sp³-hybridized carbons (Fsp3) is 0.900. The van der Waals surface area contributed by atoms with Gasteiger partial charge in [-0.05, 0) is 32.7 Å². The van der Waals surface area contributed by atoms with Crippen LogP contribution in [0.3, 0.4) is 0 Å². The van der Waals surface area contributed by atoms with Gasteiger partial charge in [-0.25, -0.2) is 13.1 Å². The van der Waals surface area contributed by atoms with Crippen LogP contribution < -0.4 is 10.0 Å². The summed E-state index contributed by atoms with van der Waals surface area (Å²) in [5.74, 6) is 0. The molecule has 0 radical (unpaired) electrons. The molecular weight excluding hydrogens is 226 g/mol. The molecule has 3 atom stereocenters. The number of nitrogens with zero attached hydrogens (tertiary/aromatic N) is 1. The van der Waals surface area contributed by atoms with Crippen molar-refractivity contribution in [2.45, 2.75) is 50.4 Å². The van der Waals surface area contributed by atoms with Crippen molar-refractivity contribution in [3.63, 3.8) is 0 Å². The number of nitrogens with one attached hydrogen (secondary N) is 2. The Balaban J connectivity index is 2.68. The van der Waals surface area contributed by atoms with Crippen LogP contribution in [0.1, 0.15) is 33.1 Å². The summed E-state index contributed by atoms with van der Waals surface area (Å²) in [6.45, 7) is 4.59. The summed E-state index contributed by atoms with van der Waals surface area (Å²) in [6.07, 6.45) is 2.11. The maximum atomic E-state index is 11.8. The van der Waals surface area contributed by atoms with Gasteiger partial charge >= 0.3 is 0 Å². The molecule has 16 heavy (non-hydrogen) atoms. The Bertz CT molecular complexity index is 361. The molecule has 0 aromatic heterocycles. The predicted octanol–water partition coefficient (Wildman–Crippen LogP) is 0.348. The fourth-order valence-corrected chi connectivity index (χ4v) is 3.36. The van der Waals surface area contributed by atoms with Gasteiger partial charge in [0.25, 0.3) is 0 Å². The van der Waals surface area contributed by atoms with Crippen molar-refractivity contribution in [2.24, 2.45) is 0 Å². The third-order valence-electron chi connectivity index (χ3n) is 2.97. The molecule has 92 valence electrons. The maximum absolute atomic E-state index is 11.8. The Hall–Kier alpha value is -0.640. The van der Waals surface area contributed by atoms with Crippen LogP contribution in [0, 0.1) is 11.3 Å². The first-order valence-corrected chi connectivity index (χ1v) is 7.20. The van der Waals surface area contributed by atoms with Crippen LogP contribution in [0.4, 0.5) is 0 Å². The van der Waals surface area contributed by atoms with Gasteiger partial charge < -0.3 is 5.32 Å². The van der Waals surface area contributed by atoms with Gasteiger partial charge in [0.05, 0.1) is 6.07 Å². The first-order valence-electron chi connectivity index (χ1n) is 5.65. The molecular formula is C10H19N3O2S. The van der Waals surface area contributed by atoms with E-state index in [1.807, 2.05) is 13.0 Å². The third kappa shape index (κ3) is 3.17. The van der Waals surface area contributed by atoms with Gasteiger partial charge in [-0.3, -0.25) is 0 Å². The summed E-state index contributed by atoms with van der Waals surface area (Å²) in [5, 5.41) is 11.0. The molecule has 0 aromatic carbocycles. The zero-order chi connectivity index (χ0) is 12.2. The van der Waals surface area contributed by atoms with Gasteiger partial charge in [-0.1, -0.05) is 6.92 Å². The molecule has 1 aliphatic heterocycles. The molecule has 1 aliphatic rings. The van der Waals surface area contributed by atoms with Gasteiger partial charge in [-0.2, -0.15) is 5.26 Å². The van der Waals surface area contributed by atoms with Crippen LogP contribution in [-0.4, -0.2) is 32.3 Å². The van der Waals surface area contributed by atoms with E-state index in [0.29, 0.717) is 6.42 Å². The maximum Gasteiger partial charge on any atom is 0.228 e. The zero-order valence-electron chi connectivity index (χ0n) is 9.73. The molecule has 0 amide bonds. The SMILES string of the molecule is CCC(C#N)S(=O)(=O)NC1CCCNC1C. The standard InChI is InChI=1S/C10H19N3O2S/c1-3-9(7-11)16(14,15)13-10-5-4-6-12-8(10)2/h8-10,12-13H,3-6H2,1-2H3. The second-order valence-electron chi connectivity index (χ2n) is 4.18. The Labute approximate surface area is 97.3 Å². The lowest BCUT2D eigenvalue weighted by Crippen LogP contribution is -2.53. The van der Waals surface area contributed by atoms with Crippen molar-refractivity contribution in [1.29, 1.82) is 5.26 Å². The Kier molecular flexibility index (Phi) is 4.71. The van der Waals surface area contributed by atoms with E-state index in [4.69, 9.17) is 5.26 Å². The summed E-state index contributed by atoms with van der Waals surface area (Å²) in [5.41, 5.74) is 0. The minimum absolute atomic E-state index is 0.0962. The quantitative estimate of drug-likeness (QED) is 0.748. The van der Waals surface area contributed by atoms with E-state index in [0.717, 1.165) is 19.4 Å². The van der Waals surface area contributed by atoms with Crippen molar-refractivity contribution in [3.05, 3.63) is 0 Å². The fourth-order valence-electron chi connectivity index (χ4n) is 1.88. The number of nitriles is 1. The summed E-state index contributed by atoms with van der Waals surface area (Å²) >= 11 is 0.